The molecule has 7 nitrogen and oxygen atoms in total. The Labute approximate surface area is 159 Å². The topological polar surface area (TPSA) is 78.7 Å². The van der Waals surface area contributed by atoms with Gasteiger partial charge in [0.05, 0.1) is 12.1 Å². The first-order valence-corrected chi connectivity index (χ1v) is 9.10. The molecule has 0 unspecified atom stereocenters. The molecule has 0 spiro atoms. The van der Waals surface area contributed by atoms with Crippen LogP contribution in [0.25, 0.3) is 0 Å². The Morgan fingerprint density at radius 1 is 1.24 bits per heavy atom. The van der Waals surface area contributed by atoms with E-state index in [4.69, 9.17) is 4.52 Å². The van der Waals surface area contributed by atoms with Gasteiger partial charge in [-0.05, 0) is 41.6 Å². The van der Waals surface area contributed by atoms with Crippen LogP contribution in [0.4, 0.5) is 5.82 Å². The number of hydrogen-bond donors (Lipinski definition) is 1. The molecule has 1 saturated heterocycles. The minimum Gasteiger partial charge on any atom is -0.360 e. The standard InChI is InChI=1S/C17H19IN4O3/c1-12-10-15(20-25-12)19-16(23)11-21-6-8-22(9-7-21)17(24)13-4-2-3-5-14(13)18/h2-5,10H,6-9,11H2,1H3,(H,19,20,23). The second-order valence-electron chi connectivity index (χ2n) is 5.92. The van der Waals surface area contributed by atoms with Crippen molar-refractivity contribution in [1.82, 2.24) is 15.0 Å². The van der Waals surface area contributed by atoms with Crippen molar-refractivity contribution in [3.63, 3.8) is 0 Å². The summed E-state index contributed by atoms with van der Waals surface area (Å²) in [6.45, 7) is 4.60. The molecular formula is C17H19IN4O3. The number of carbonyl (C=O) groups excluding carboxylic acids is 2. The van der Waals surface area contributed by atoms with E-state index >= 15 is 0 Å². The summed E-state index contributed by atoms with van der Waals surface area (Å²) in [5.74, 6) is 0.991. The summed E-state index contributed by atoms with van der Waals surface area (Å²) in [6, 6.07) is 9.26. The number of aryl methyl sites for hydroxylation is 1. The summed E-state index contributed by atoms with van der Waals surface area (Å²) in [7, 11) is 0. The average molecular weight is 454 g/mol. The Bertz CT molecular complexity index is 769. The molecule has 2 amide bonds. The molecule has 2 aromatic rings. The highest BCUT2D eigenvalue weighted by Gasteiger charge is 2.24. The van der Waals surface area contributed by atoms with Crippen LogP contribution in [0, 0.1) is 10.5 Å². The third kappa shape index (κ3) is 4.57. The maximum Gasteiger partial charge on any atom is 0.255 e. The highest BCUT2D eigenvalue weighted by atomic mass is 127. The number of amides is 2. The lowest BCUT2D eigenvalue weighted by atomic mass is 10.2. The van der Waals surface area contributed by atoms with Crippen LogP contribution in [-0.2, 0) is 4.79 Å². The Morgan fingerprint density at radius 2 is 1.96 bits per heavy atom. The van der Waals surface area contributed by atoms with Gasteiger partial charge in [-0.1, -0.05) is 17.3 Å². The molecular weight excluding hydrogens is 435 g/mol. The molecule has 1 aliphatic heterocycles. The third-order valence-corrected chi connectivity index (χ3v) is 4.97. The van der Waals surface area contributed by atoms with Gasteiger partial charge in [0, 0.05) is 35.8 Å². The predicted molar refractivity (Wildman–Crippen MR) is 101 cm³/mol. The van der Waals surface area contributed by atoms with Gasteiger partial charge in [-0.2, -0.15) is 0 Å². The summed E-state index contributed by atoms with van der Waals surface area (Å²) >= 11 is 2.18. The molecule has 0 aliphatic carbocycles. The van der Waals surface area contributed by atoms with Crippen LogP contribution in [0.15, 0.2) is 34.9 Å². The number of halogens is 1. The zero-order valence-electron chi connectivity index (χ0n) is 13.9. The second-order valence-corrected chi connectivity index (χ2v) is 7.08. The van der Waals surface area contributed by atoms with Crippen LogP contribution >= 0.6 is 22.6 Å². The molecule has 132 valence electrons. The van der Waals surface area contributed by atoms with Crippen molar-refractivity contribution >= 4 is 40.2 Å². The number of piperazine rings is 1. The molecule has 1 aliphatic rings. The van der Waals surface area contributed by atoms with Gasteiger partial charge in [-0.15, -0.1) is 0 Å². The van der Waals surface area contributed by atoms with Crippen LogP contribution in [0.1, 0.15) is 16.1 Å². The lowest BCUT2D eigenvalue weighted by Crippen LogP contribution is -2.50. The minimum absolute atomic E-state index is 0.0483. The van der Waals surface area contributed by atoms with Crippen molar-refractivity contribution < 1.29 is 14.1 Å². The molecule has 1 fully saturated rings. The van der Waals surface area contributed by atoms with E-state index < -0.39 is 0 Å². The van der Waals surface area contributed by atoms with E-state index in [1.165, 1.54) is 0 Å². The van der Waals surface area contributed by atoms with E-state index in [9.17, 15) is 9.59 Å². The zero-order chi connectivity index (χ0) is 17.8. The van der Waals surface area contributed by atoms with Crippen LogP contribution in [0.3, 0.4) is 0 Å². The number of carbonyl (C=O) groups is 2. The predicted octanol–water partition coefficient (Wildman–Crippen LogP) is 1.98. The molecule has 2 heterocycles. The fourth-order valence-electron chi connectivity index (χ4n) is 2.72. The lowest BCUT2D eigenvalue weighted by molar-refractivity contribution is -0.117. The van der Waals surface area contributed by atoms with Crippen molar-refractivity contribution in [3.8, 4) is 0 Å². The molecule has 25 heavy (non-hydrogen) atoms. The number of nitrogens with zero attached hydrogens (tertiary/aromatic N) is 3. The second kappa shape index (κ2) is 7.96. The Balaban J connectivity index is 1.49. The quantitative estimate of drug-likeness (QED) is 0.716. The minimum atomic E-state index is -0.134. The monoisotopic (exact) mass is 454 g/mol. The lowest BCUT2D eigenvalue weighted by Gasteiger charge is -2.34. The van der Waals surface area contributed by atoms with E-state index in [1.807, 2.05) is 34.1 Å². The largest absolute Gasteiger partial charge is 0.360 e. The van der Waals surface area contributed by atoms with E-state index in [-0.39, 0.29) is 18.4 Å². The fraction of sp³-hybridized carbons (Fsp3) is 0.353. The highest BCUT2D eigenvalue weighted by molar-refractivity contribution is 14.1. The third-order valence-electron chi connectivity index (χ3n) is 4.03. The smallest absolute Gasteiger partial charge is 0.255 e. The van der Waals surface area contributed by atoms with Crippen LogP contribution in [0.2, 0.25) is 0 Å². The number of hydrogen-bond acceptors (Lipinski definition) is 5. The van der Waals surface area contributed by atoms with Gasteiger partial charge in [0.1, 0.15) is 5.76 Å². The first-order valence-electron chi connectivity index (χ1n) is 8.02. The van der Waals surface area contributed by atoms with E-state index in [1.54, 1.807) is 13.0 Å². The van der Waals surface area contributed by atoms with Crippen molar-refractivity contribution in [3.05, 3.63) is 45.2 Å². The maximum absolute atomic E-state index is 12.6. The SMILES string of the molecule is Cc1cc(NC(=O)CN2CCN(C(=O)c3ccccc3I)CC2)no1. The summed E-state index contributed by atoms with van der Waals surface area (Å²) in [6.07, 6.45) is 0. The molecule has 0 bridgehead atoms. The van der Waals surface area contributed by atoms with Crippen LogP contribution < -0.4 is 5.32 Å². The molecule has 3 rings (SSSR count). The van der Waals surface area contributed by atoms with Crippen molar-refractivity contribution in [2.75, 3.05) is 38.0 Å². The van der Waals surface area contributed by atoms with Gasteiger partial charge in [-0.25, -0.2) is 0 Å². The van der Waals surface area contributed by atoms with E-state index in [2.05, 4.69) is 33.1 Å². The van der Waals surface area contributed by atoms with Gasteiger partial charge in [-0.3, -0.25) is 14.5 Å². The number of anilines is 1. The average Bonchev–Trinajstić information content (AvgIpc) is 3.00. The number of rotatable bonds is 4. The Kier molecular flexibility index (Phi) is 5.69. The summed E-state index contributed by atoms with van der Waals surface area (Å²) < 4.78 is 5.88. The normalized spacial score (nSPS) is 15.2. The first kappa shape index (κ1) is 17.9. The van der Waals surface area contributed by atoms with Crippen molar-refractivity contribution in [2.24, 2.45) is 0 Å². The van der Waals surface area contributed by atoms with E-state index in [0.717, 1.165) is 9.13 Å². The molecule has 0 saturated carbocycles. The van der Waals surface area contributed by atoms with Crippen LogP contribution in [-0.4, -0.2) is 59.5 Å². The zero-order valence-corrected chi connectivity index (χ0v) is 16.0. The van der Waals surface area contributed by atoms with Gasteiger partial charge >= 0.3 is 0 Å². The van der Waals surface area contributed by atoms with Gasteiger partial charge < -0.3 is 14.7 Å². The fourth-order valence-corrected chi connectivity index (χ4v) is 3.34. The first-order chi connectivity index (χ1) is 12.0. The Morgan fingerprint density at radius 3 is 2.60 bits per heavy atom. The molecule has 8 heteroatoms. The van der Waals surface area contributed by atoms with Gasteiger partial charge in [0.2, 0.25) is 5.91 Å². The summed E-state index contributed by atoms with van der Waals surface area (Å²) in [4.78, 5) is 28.5. The number of aromatic nitrogens is 1. The molecule has 1 aromatic heterocycles. The molecule has 0 radical (unpaired) electrons. The molecule has 1 N–H and O–H groups in total. The Hall–Kier alpha value is -1.94. The molecule has 1 aromatic carbocycles. The highest BCUT2D eigenvalue weighted by Crippen LogP contribution is 2.15. The number of benzene rings is 1. The van der Waals surface area contributed by atoms with E-state index in [0.29, 0.717) is 37.8 Å². The van der Waals surface area contributed by atoms with Crippen molar-refractivity contribution in [1.29, 1.82) is 0 Å². The van der Waals surface area contributed by atoms with Crippen LogP contribution in [0.5, 0.6) is 0 Å². The van der Waals surface area contributed by atoms with Crippen molar-refractivity contribution in [2.45, 2.75) is 6.92 Å². The molecule has 0 atom stereocenters. The summed E-state index contributed by atoms with van der Waals surface area (Å²) in [5, 5.41) is 6.46. The maximum atomic E-state index is 12.6. The summed E-state index contributed by atoms with van der Waals surface area (Å²) in [5.41, 5.74) is 0.732. The number of nitrogens with one attached hydrogen (secondary N) is 1. The van der Waals surface area contributed by atoms with Gasteiger partial charge in [0.25, 0.3) is 5.91 Å². The van der Waals surface area contributed by atoms with Gasteiger partial charge in [0.15, 0.2) is 5.82 Å².